The second-order valence-electron chi connectivity index (χ2n) is 6.00. The highest BCUT2D eigenvalue weighted by molar-refractivity contribution is 6.04. The first kappa shape index (κ1) is 18.9. The summed E-state index contributed by atoms with van der Waals surface area (Å²) in [4.78, 5) is 28.7. The van der Waals surface area contributed by atoms with E-state index in [0.29, 0.717) is 6.54 Å². The molecule has 0 fully saturated rings. The van der Waals surface area contributed by atoms with Gasteiger partial charge in [-0.1, -0.05) is 27.2 Å². The smallest absolute Gasteiger partial charge is 0.237 e. The molecule has 0 radical (unpaired) electrons. The Balaban J connectivity index is 4.88. The van der Waals surface area contributed by atoms with Crippen LogP contribution in [0.15, 0.2) is 0 Å². The number of hydrogen-bond acceptors (Lipinski definition) is 2. The monoisotopic (exact) mass is 284 g/mol. The van der Waals surface area contributed by atoms with Gasteiger partial charge in [0.15, 0.2) is 0 Å². The molecule has 0 aliphatic heterocycles. The number of rotatable bonds is 9. The lowest BCUT2D eigenvalue weighted by Crippen LogP contribution is -2.50. The first-order chi connectivity index (χ1) is 9.32. The van der Waals surface area contributed by atoms with E-state index in [2.05, 4.69) is 20.8 Å². The molecule has 0 saturated carbocycles. The van der Waals surface area contributed by atoms with Crippen molar-refractivity contribution in [1.29, 1.82) is 0 Å². The molecule has 0 unspecified atom stereocenters. The molecule has 0 atom stereocenters. The highest BCUT2D eigenvalue weighted by Crippen LogP contribution is 2.22. The SMILES string of the molecule is CCCCN(C)C(=O)C(C)(C)C(=O)N(CCC)CCC. The minimum atomic E-state index is -0.965. The van der Waals surface area contributed by atoms with Crippen LogP contribution >= 0.6 is 0 Å². The Hall–Kier alpha value is -1.06. The van der Waals surface area contributed by atoms with Crippen molar-refractivity contribution in [2.75, 3.05) is 26.7 Å². The highest BCUT2D eigenvalue weighted by atomic mass is 16.2. The Bertz CT molecular complexity index is 308. The van der Waals surface area contributed by atoms with Gasteiger partial charge in [0.1, 0.15) is 5.41 Å². The van der Waals surface area contributed by atoms with Gasteiger partial charge < -0.3 is 9.80 Å². The predicted octanol–water partition coefficient (Wildman–Crippen LogP) is 2.92. The predicted molar refractivity (Wildman–Crippen MR) is 83.5 cm³/mol. The number of amides is 2. The van der Waals surface area contributed by atoms with Crippen molar-refractivity contribution in [3.05, 3.63) is 0 Å². The molecule has 2 amide bonds. The van der Waals surface area contributed by atoms with E-state index in [1.54, 1.807) is 25.8 Å². The summed E-state index contributed by atoms with van der Waals surface area (Å²) >= 11 is 0. The molecule has 4 heteroatoms. The maximum atomic E-state index is 12.6. The summed E-state index contributed by atoms with van der Waals surface area (Å²) in [5.41, 5.74) is -0.965. The van der Waals surface area contributed by atoms with Crippen LogP contribution in [0.3, 0.4) is 0 Å². The molecule has 0 aromatic rings. The molecule has 0 rings (SSSR count). The van der Waals surface area contributed by atoms with Crippen molar-refractivity contribution in [1.82, 2.24) is 9.80 Å². The standard InChI is InChI=1S/C16H32N2O2/c1-7-10-13-17(6)14(19)16(4,5)15(20)18(11-8-2)12-9-3/h7-13H2,1-6H3. The molecule has 0 saturated heterocycles. The van der Waals surface area contributed by atoms with Crippen LogP contribution in [0.1, 0.15) is 60.3 Å². The second-order valence-corrected chi connectivity index (χ2v) is 6.00. The zero-order valence-electron chi connectivity index (χ0n) is 14.2. The van der Waals surface area contributed by atoms with Crippen molar-refractivity contribution in [2.24, 2.45) is 5.41 Å². The third-order valence-corrected chi connectivity index (χ3v) is 3.54. The first-order valence-electron chi connectivity index (χ1n) is 7.87. The number of carbonyl (C=O) groups is 2. The summed E-state index contributed by atoms with van der Waals surface area (Å²) in [6.07, 6.45) is 3.85. The molecule has 0 N–H and O–H groups in total. The summed E-state index contributed by atoms with van der Waals surface area (Å²) in [6.45, 7) is 11.9. The quantitative estimate of drug-likeness (QED) is 0.611. The topological polar surface area (TPSA) is 40.6 Å². The fraction of sp³-hybridized carbons (Fsp3) is 0.875. The normalized spacial score (nSPS) is 11.3. The van der Waals surface area contributed by atoms with Crippen LogP contribution in [0.25, 0.3) is 0 Å². The third-order valence-electron chi connectivity index (χ3n) is 3.54. The molecule has 4 nitrogen and oxygen atoms in total. The van der Waals surface area contributed by atoms with Crippen LogP contribution in [0.5, 0.6) is 0 Å². The van der Waals surface area contributed by atoms with E-state index in [4.69, 9.17) is 0 Å². The summed E-state index contributed by atoms with van der Waals surface area (Å²) in [6, 6.07) is 0. The van der Waals surface area contributed by atoms with Gasteiger partial charge >= 0.3 is 0 Å². The third kappa shape index (κ3) is 5.14. The summed E-state index contributed by atoms with van der Waals surface area (Å²) < 4.78 is 0. The van der Waals surface area contributed by atoms with Crippen molar-refractivity contribution in [2.45, 2.75) is 60.3 Å². The van der Waals surface area contributed by atoms with Gasteiger partial charge in [0.25, 0.3) is 0 Å². The average molecular weight is 284 g/mol. The van der Waals surface area contributed by atoms with Crippen molar-refractivity contribution in [3.63, 3.8) is 0 Å². The fourth-order valence-corrected chi connectivity index (χ4v) is 2.32. The van der Waals surface area contributed by atoms with E-state index >= 15 is 0 Å². The Morgan fingerprint density at radius 1 is 0.850 bits per heavy atom. The Morgan fingerprint density at radius 2 is 1.35 bits per heavy atom. The van der Waals surface area contributed by atoms with E-state index in [9.17, 15) is 9.59 Å². The van der Waals surface area contributed by atoms with Gasteiger partial charge in [-0.25, -0.2) is 0 Å². The largest absolute Gasteiger partial charge is 0.345 e. The molecule has 0 bridgehead atoms. The van der Waals surface area contributed by atoms with Gasteiger partial charge in [0.05, 0.1) is 0 Å². The minimum Gasteiger partial charge on any atom is -0.345 e. The van der Waals surface area contributed by atoms with Crippen LogP contribution in [0.2, 0.25) is 0 Å². The van der Waals surface area contributed by atoms with Crippen LogP contribution in [-0.4, -0.2) is 48.3 Å². The van der Waals surface area contributed by atoms with Crippen LogP contribution < -0.4 is 0 Å². The lowest BCUT2D eigenvalue weighted by Gasteiger charge is -2.33. The number of nitrogens with zero attached hydrogens (tertiary/aromatic N) is 2. The molecule has 0 aromatic heterocycles. The Kier molecular flexibility index (Phi) is 8.51. The van der Waals surface area contributed by atoms with Gasteiger partial charge in [0.2, 0.25) is 11.8 Å². The van der Waals surface area contributed by atoms with Crippen molar-refractivity contribution < 1.29 is 9.59 Å². The van der Waals surface area contributed by atoms with E-state index in [1.165, 1.54) is 0 Å². The maximum Gasteiger partial charge on any atom is 0.237 e. The molecule has 0 spiro atoms. The van der Waals surface area contributed by atoms with Gasteiger partial charge in [-0.15, -0.1) is 0 Å². The molecule has 0 aliphatic rings. The van der Waals surface area contributed by atoms with Crippen molar-refractivity contribution in [3.8, 4) is 0 Å². The number of carbonyl (C=O) groups excluding carboxylic acids is 2. The van der Waals surface area contributed by atoms with Gasteiger partial charge in [0, 0.05) is 26.7 Å². The zero-order chi connectivity index (χ0) is 15.8. The van der Waals surface area contributed by atoms with Gasteiger partial charge in [-0.2, -0.15) is 0 Å². The van der Waals surface area contributed by atoms with Crippen LogP contribution in [0.4, 0.5) is 0 Å². The lowest BCUT2D eigenvalue weighted by atomic mass is 9.89. The van der Waals surface area contributed by atoms with E-state index in [0.717, 1.165) is 38.8 Å². The molecule has 118 valence electrons. The van der Waals surface area contributed by atoms with Gasteiger partial charge in [-0.3, -0.25) is 9.59 Å². The van der Waals surface area contributed by atoms with Crippen LogP contribution in [-0.2, 0) is 9.59 Å². The van der Waals surface area contributed by atoms with Crippen molar-refractivity contribution >= 4 is 11.8 Å². The molecule has 0 aromatic carbocycles. The molecular weight excluding hydrogens is 252 g/mol. The zero-order valence-corrected chi connectivity index (χ0v) is 14.2. The number of unbranched alkanes of at least 4 members (excludes halogenated alkanes) is 1. The molecule has 0 heterocycles. The molecule has 0 aliphatic carbocycles. The first-order valence-corrected chi connectivity index (χ1v) is 7.87. The maximum absolute atomic E-state index is 12.6. The summed E-state index contributed by atoms with van der Waals surface area (Å²) in [5.74, 6) is -0.122. The van der Waals surface area contributed by atoms with E-state index in [1.807, 2.05) is 4.90 Å². The number of hydrogen-bond donors (Lipinski definition) is 0. The summed E-state index contributed by atoms with van der Waals surface area (Å²) in [7, 11) is 1.79. The average Bonchev–Trinajstić information content (AvgIpc) is 2.42. The Morgan fingerprint density at radius 3 is 1.75 bits per heavy atom. The Labute approximate surface area is 124 Å². The lowest BCUT2D eigenvalue weighted by molar-refractivity contribution is -0.153. The van der Waals surface area contributed by atoms with E-state index in [-0.39, 0.29) is 11.8 Å². The fourth-order valence-electron chi connectivity index (χ4n) is 2.32. The second kappa shape index (κ2) is 8.98. The summed E-state index contributed by atoms with van der Waals surface area (Å²) in [5, 5.41) is 0. The van der Waals surface area contributed by atoms with Crippen LogP contribution in [0, 0.1) is 5.41 Å². The molecule has 20 heavy (non-hydrogen) atoms. The highest BCUT2D eigenvalue weighted by Gasteiger charge is 2.40. The van der Waals surface area contributed by atoms with E-state index < -0.39 is 5.41 Å². The van der Waals surface area contributed by atoms with Gasteiger partial charge in [-0.05, 0) is 33.1 Å². The molecular formula is C16H32N2O2. The minimum absolute atomic E-state index is 0.0467.